The standard InChI is InChI=1S/C25H26FN5O/c1-17-10-19(16-31(17)25(32)7-4-18-2-5-22(26)6-3-18)15-30-9-8-20-11-23(27-14-24(20)30)21-12-28-29-13-21/h2-3,5-6,8-9,11-14,17,19H,4,7,10,15-16H2,1H3,(H,28,29)/t17-,19-/m1/s1. The summed E-state index contributed by atoms with van der Waals surface area (Å²) in [6, 6.07) is 10.8. The van der Waals surface area contributed by atoms with E-state index in [4.69, 9.17) is 0 Å². The number of rotatable bonds is 6. The summed E-state index contributed by atoms with van der Waals surface area (Å²) in [6.07, 6.45) is 9.72. The van der Waals surface area contributed by atoms with Crippen LogP contribution in [-0.4, -0.2) is 43.1 Å². The molecule has 1 aliphatic heterocycles. The van der Waals surface area contributed by atoms with Gasteiger partial charge in [0.25, 0.3) is 0 Å². The molecule has 0 radical (unpaired) electrons. The summed E-state index contributed by atoms with van der Waals surface area (Å²) >= 11 is 0. The monoisotopic (exact) mass is 431 g/mol. The summed E-state index contributed by atoms with van der Waals surface area (Å²) in [6.45, 7) is 3.76. The number of carbonyl (C=O) groups excluding carboxylic acids is 1. The predicted octanol–water partition coefficient (Wildman–Crippen LogP) is 4.44. The van der Waals surface area contributed by atoms with Crippen molar-refractivity contribution in [3.63, 3.8) is 0 Å². The molecule has 7 heteroatoms. The maximum atomic E-state index is 13.1. The number of halogens is 1. The number of H-pyrrole nitrogens is 1. The van der Waals surface area contributed by atoms with Crippen molar-refractivity contribution >= 4 is 16.8 Å². The molecular weight excluding hydrogens is 405 g/mol. The van der Waals surface area contributed by atoms with Crippen LogP contribution in [0.25, 0.3) is 22.2 Å². The number of carbonyl (C=O) groups is 1. The molecule has 0 bridgehead atoms. The third kappa shape index (κ3) is 4.15. The Balaban J connectivity index is 1.22. The maximum Gasteiger partial charge on any atom is 0.223 e. The number of fused-ring (bicyclic) bond motifs is 1. The van der Waals surface area contributed by atoms with Crippen molar-refractivity contribution in [1.82, 2.24) is 24.6 Å². The zero-order chi connectivity index (χ0) is 22.1. The summed E-state index contributed by atoms with van der Waals surface area (Å²) in [4.78, 5) is 19.4. The number of aromatic nitrogens is 4. The highest BCUT2D eigenvalue weighted by Gasteiger charge is 2.32. The van der Waals surface area contributed by atoms with Gasteiger partial charge in [-0.15, -0.1) is 0 Å². The van der Waals surface area contributed by atoms with Crippen molar-refractivity contribution in [3.05, 3.63) is 72.6 Å². The first kappa shape index (κ1) is 20.4. The molecule has 164 valence electrons. The quantitative estimate of drug-likeness (QED) is 0.491. The molecule has 1 amide bonds. The maximum absolute atomic E-state index is 13.1. The van der Waals surface area contributed by atoms with Gasteiger partial charge in [-0.3, -0.25) is 14.9 Å². The second-order valence-corrected chi connectivity index (χ2v) is 8.71. The lowest BCUT2D eigenvalue weighted by molar-refractivity contribution is -0.131. The van der Waals surface area contributed by atoms with Crippen LogP contribution < -0.4 is 0 Å². The minimum Gasteiger partial charge on any atom is -0.346 e. The number of nitrogens with zero attached hydrogens (tertiary/aromatic N) is 4. The molecule has 1 fully saturated rings. The topological polar surface area (TPSA) is 66.8 Å². The van der Waals surface area contributed by atoms with Gasteiger partial charge in [-0.1, -0.05) is 12.1 Å². The summed E-state index contributed by atoms with van der Waals surface area (Å²) in [5.74, 6) is 0.332. The molecule has 0 unspecified atom stereocenters. The molecule has 0 saturated carbocycles. The molecule has 1 aliphatic rings. The Morgan fingerprint density at radius 3 is 2.84 bits per heavy atom. The third-order valence-electron chi connectivity index (χ3n) is 6.43. The highest BCUT2D eigenvalue weighted by atomic mass is 19.1. The molecule has 4 heterocycles. The highest BCUT2D eigenvalue weighted by Crippen LogP contribution is 2.28. The fraction of sp³-hybridized carbons (Fsp3) is 0.320. The van der Waals surface area contributed by atoms with E-state index < -0.39 is 0 Å². The van der Waals surface area contributed by atoms with Crippen LogP contribution in [0, 0.1) is 11.7 Å². The molecule has 3 aromatic heterocycles. The molecular formula is C25H26FN5O. The van der Waals surface area contributed by atoms with Crippen molar-refractivity contribution < 1.29 is 9.18 Å². The van der Waals surface area contributed by atoms with Gasteiger partial charge in [-0.2, -0.15) is 5.10 Å². The lowest BCUT2D eigenvalue weighted by atomic mass is 10.1. The Hall–Kier alpha value is -3.48. The van der Waals surface area contributed by atoms with Crippen molar-refractivity contribution in [2.75, 3.05) is 6.54 Å². The normalized spacial score (nSPS) is 18.5. The van der Waals surface area contributed by atoms with Gasteiger partial charge in [0.1, 0.15) is 5.82 Å². The predicted molar refractivity (Wildman–Crippen MR) is 121 cm³/mol. The van der Waals surface area contributed by atoms with Gasteiger partial charge in [0.15, 0.2) is 0 Å². The molecule has 32 heavy (non-hydrogen) atoms. The van der Waals surface area contributed by atoms with Gasteiger partial charge in [0.05, 0.1) is 23.6 Å². The van der Waals surface area contributed by atoms with Gasteiger partial charge in [0, 0.05) is 48.9 Å². The first-order chi connectivity index (χ1) is 15.6. The van der Waals surface area contributed by atoms with E-state index in [1.54, 1.807) is 18.3 Å². The van der Waals surface area contributed by atoms with Crippen LogP contribution in [0.1, 0.15) is 25.3 Å². The Bertz CT molecular complexity index is 1220. The Morgan fingerprint density at radius 2 is 2.06 bits per heavy atom. The van der Waals surface area contributed by atoms with Crippen LogP contribution >= 0.6 is 0 Å². The molecule has 2 atom stereocenters. The van der Waals surface area contributed by atoms with Crippen molar-refractivity contribution in [2.45, 2.75) is 38.8 Å². The molecule has 1 saturated heterocycles. The van der Waals surface area contributed by atoms with E-state index in [9.17, 15) is 9.18 Å². The van der Waals surface area contributed by atoms with E-state index in [-0.39, 0.29) is 17.8 Å². The van der Waals surface area contributed by atoms with Gasteiger partial charge in [-0.25, -0.2) is 4.39 Å². The van der Waals surface area contributed by atoms with E-state index in [2.05, 4.69) is 45.0 Å². The number of nitrogens with one attached hydrogen (secondary N) is 1. The van der Waals surface area contributed by atoms with Gasteiger partial charge in [-0.05, 0) is 55.5 Å². The SMILES string of the molecule is C[C@@H]1C[C@H](Cn2ccc3cc(-c4cn[nH]c4)ncc32)CN1C(=O)CCc1ccc(F)cc1. The van der Waals surface area contributed by atoms with Crippen molar-refractivity contribution in [1.29, 1.82) is 0 Å². The zero-order valence-corrected chi connectivity index (χ0v) is 18.0. The first-order valence-electron chi connectivity index (χ1n) is 11.0. The number of amides is 1. The smallest absolute Gasteiger partial charge is 0.223 e. The number of likely N-dealkylation sites (tertiary alicyclic amines) is 1. The van der Waals surface area contributed by atoms with Crippen LogP contribution in [0.15, 0.2) is 61.2 Å². The van der Waals surface area contributed by atoms with Crippen molar-refractivity contribution in [3.8, 4) is 11.3 Å². The molecule has 0 aliphatic carbocycles. The Morgan fingerprint density at radius 1 is 1.22 bits per heavy atom. The van der Waals surface area contributed by atoms with Gasteiger partial charge in [0.2, 0.25) is 5.91 Å². The second-order valence-electron chi connectivity index (χ2n) is 8.71. The van der Waals surface area contributed by atoms with E-state index in [0.717, 1.165) is 47.2 Å². The molecule has 6 nitrogen and oxygen atoms in total. The molecule has 1 N–H and O–H groups in total. The molecule has 5 rings (SSSR count). The fourth-order valence-electron chi connectivity index (χ4n) is 4.74. The number of hydrogen-bond donors (Lipinski definition) is 1. The minimum absolute atomic E-state index is 0.174. The number of aromatic amines is 1. The zero-order valence-electron chi connectivity index (χ0n) is 18.0. The lowest BCUT2D eigenvalue weighted by Crippen LogP contribution is -2.34. The van der Waals surface area contributed by atoms with E-state index in [0.29, 0.717) is 18.8 Å². The van der Waals surface area contributed by atoms with Crippen LogP contribution in [0.2, 0.25) is 0 Å². The minimum atomic E-state index is -0.249. The lowest BCUT2D eigenvalue weighted by Gasteiger charge is -2.21. The number of hydrogen-bond acceptors (Lipinski definition) is 3. The number of pyridine rings is 1. The van der Waals surface area contributed by atoms with Crippen LogP contribution in [0.3, 0.4) is 0 Å². The Kier molecular flexibility index (Phi) is 5.47. The molecule has 1 aromatic carbocycles. The summed E-state index contributed by atoms with van der Waals surface area (Å²) < 4.78 is 15.3. The average molecular weight is 432 g/mol. The largest absolute Gasteiger partial charge is 0.346 e. The molecule has 0 spiro atoms. The van der Waals surface area contributed by atoms with Crippen LogP contribution in [-0.2, 0) is 17.8 Å². The molecule has 4 aromatic rings. The van der Waals surface area contributed by atoms with Crippen LogP contribution in [0.4, 0.5) is 4.39 Å². The fourth-order valence-corrected chi connectivity index (χ4v) is 4.74. The van der Waals surface area contributed by atoms with E-state index in [1.165, 1.54) is 12.1 Å². The Labute approximate surface area is 186 Å². The van der Waals surface area contributed by atoms with Gasteiger partial charge < -0.3 is 9.47 Å². The van der Waals surface area contributed by atoms with Crippen molar-refractivity contribution in [2.24, 2.45) is 5.92 Å². The summed E-state index contributed by atoms with van der Waals surface area (Å²) in [5.41, 5.74) is 3.96. The van der Waals surface area contributed by atoms with Gasteiger partial charge >= 0.3 is 0 Å². The number of aryl methyl sites for hydroxylation is 1. The second kappa shape index (κ2) is 8.57. The number of benzene rings is 1. The van der Waals surface area contributed by atoms with E-state index >= 15 is 0 Å². The first-order valence-corrected chi connectivity index (χ1v) is 11.0. The van der Waals surface area contributed by atoms with E-state index in [1.807, 2.05) is 17.3 Å². The summed E-state index contributed by atoms with van der Waals surface area (Å²) in [5, 5.41) is 7.97. The third-order valence-corrected chi connectivity index (χ3v) is 6.43. The summed E-state index contributed by atoms with van der Waals surface area (Å²) in [7, 11) is 0. The highest BCUT2D eigenvalue weighted by molar-refractivity contribution is 5.83. The van der Waals surface area contributed by atoms with Crippen LogP contribution in [0.5, 0.6) is 0 Å². The average Bonchev–Trinajstić information content (AvgIpc) is 3.54.